The predicted octanol–water partition coefficient (Wildman–Crippen LogP) is 2.83. The van der Waals surface area contributed by atoms with Gasteiger partial charge in [0.15, 0.2) is 5.65 Å². The van der Waals surface area contributed by atoms with E-state index >= 15 is 0 Å². The Labute approximate surface area is 119 Å². The number of pyridine rings is 1. The molecule has 0 saturated heterocycles. The minimum absolute atomic E-state index is 0.110. The van der Waals surface area contributed by atoms with E-state index in [2.05, 4.69) is 10.1 Å². The quantitative estimate of drug-likeness (QED) is 0.752. The van der Waals surface area contributed by atoms with Crippen LogP contribution in [0.25, 0.3) is 11.0 Å². The summed E-state index contributed by atoms with van der Waals surface area (Å²) in [5, 5.41) is 14.0. The van der Waals surface area contributed by atoms with Crippen LogP contribution in [0.4, 0.5) is 0 Å². The van der Waals surface area contributed by atoms with Gasteiger partial charge < -0.3 is 5.11 Å². The molecule has 0 spiro atoms. The van der Waals surface area contributed by atoms with Crippen molar-refractivity contribution < 1.29 is 9.90 Å². The topological polar surface area (TPSA) is 68.0 Å². The zero-order valence-electron chi connectivity index (χ0n) is 10.3. The van der Waals surface area contributed by atoms with Crippen LogP contribution in [0, 0.1) is 0 Å². The average molecular weight is 288 g/mol. The van der Waals surface area contributed by atoms with E-state index in [1.54, 1.807) is 4.68 Å². The molecular weight excluding hydrogens is 278 g/mol. The zero-order chi connectivity index (χ0) is 14.1. The Balaban J connectivity index is 2.12. The number of benzene rings is 1. The molecule has 0 unspecified atom stereocenters. The van der Waals surface area contributed by atoms with Gasteiger partial charge in [0.05, 0.1) is 23.7 Å². The highest BCUT2D eigenvalue weighted by Crippen LogP contribution is 2.21. The molecule has 2 heterocycles. The summed E-state index contributed by atoms with van der Waals surface area (Å²) in [6.07, 6.45) is 1.51. The summed E-state index contributed by atoms with van der Waals surface area (Å²) in [6.45, 7) is 0.511. The molecule has 0 aliphatic heterocycles. The van der Waals surface area contributed by atoms with Crippen molar-refractivity contribution in [3.8, 4) is 0 Å². The Kier molecular flexibility index (Phi) is 3.12. The third-order valence-electron chi connectivity index (χ3n) is 2.98. The Hall–Kier alpha value is -2.40. The van der Waals surface area contributed by atoms with Crippen molar-refractivity contribution in [2.45, 2.75) is 6.54 Å². The molecule has 0 radical (unpaired) electrons. The Morgan fingerprint density at radius 1 is 1.30 bits per heavy atom. The number of halogens is 1. The van der Waals surface area contributed by atoms with E-state index in [9.17, 15) is 9.90 Å². The highest BCUT2D eigenvalue weighted by atomic mass is 35.5. The van der Waals surface area contributed by atoms with E-state index in [0.717, 1.165) is 5.56 Å². The van der Waals surface area contributed by atoms with Crippen molar-refractivity contribution in [2.24, 2.45) is 0 Å². The maximum absolute atomic E-state index is 11.2. The lowest BCUT2D eigenvalue weighted by molar-refractivity contribution is 0.0699. The molecule has 1 N–H and O–H groups in total. The van der Waals surface area contributed by atoms with Crippen molar-refractivity contribution in [2.75, 3.05) is 0 Å². The van der Waals surface area contributed by atoms with Crippen LogP contribution in [0.1, 0.15) is 15.9 Å². The first kappa shape index (κ1) is 12.6. The number of carbonyl (C=O) groups is 1. The second-order valence-corrected chi connectivity index (χ2v) is 4.71. The van der Waals surface area contributed by atoms with E-state index in [4.69, 9.17) is 11.6 Å². The van der Waals surface area contributed by atoms with Gasteiger partial charge in [-0.3, -0.25) is 0 Å². The molecule has 0 fully saturated rings. The molecule has 5 nitrogen and oxygen atoms in total. The van der Waals surface area contributed by atoms with Gasteiger partial charge >= 0.3 is 5.97 Å². The summed E-state index contributed by atoms with van der Waals surface area (Å²) in [6, 6.07) is 11.1. The SMILES string of the molecule is O=C(O)c1cc(Cl)nc2c1cnn2Cc1ccccc1. The third kappa shape index (κ3) is 2.23. The van der Waals surface area contributed by atoms with Gasteiger partial charge in [-0.2, -0.15) is 5.10 Å². The normalized spacial score (nSPS) is 10.8. The first-order chi connectivity index (χ1) is 9.65. The minimum Gasteiger partial charge on any atom is -0.478 e. The number of nitrogens with zero attached hydrogens (tertiary/aromatic N) is 3. The van der Waals surface area contributed by atoms with Crippen LogP contribution >= 0.6 is 11.6 Å². The molecular formula is C14H10ClN3O2. The third-order valence-corrected chi connectivity index (χ3v) is 3.18. The van der Waals surface area contributed by atoms with Gasteiger partial charge in [-0.05, 0) is 11.6 Å². The second-order valence-electron chi connectivity index (χ2n) is 4.32. The molecule has 2 aromatic heterocycles. The lowest BCUT2D eigenvalue weighted by atomic mass is 10.2. The fourth-order valence-electron chi connectivity index (χ4n) is 2.07. The first-order valence-corrected chi connectivity index (χ1v) is 6.32. The maximum Gasteiger partial charge on any atom is 0.336 e. The average Bonchev–Trinajstić information content (AvgIpc) is 2.82. The van der Waals surface area contributed by atoms with Gasteiger partial charge in [0.25, 0.3) is 0 Å². The molecule has 100 valence electrons. The van der Waals surface area contributed by atoms with Gasteiger partial charge in [0.1, 0.15) is 5.15 Å². The van der Waals surface area contributed by atoms with E-state index < -0.39 is 5.97 Å². The van der Waals surface area contributed by atoms with E-state index in [1.807, 2.05) is 30.3 Å². The monoisotopic (exact) mass is 287 g/mol. The maximum atomic E-state index is 11.2. The summed E-state index contributed by atoms with van der Waals surface area (Å²) in [4.78, 5) is 15.4. The van der Waals surface area contributed by atoms with Crippen LogP contribution < -0.4 is 0 Å². The van der Waals surface area contributed by atoms with Crippen molar-refractivity contribution in [3.05, 3.63) is 58.9 Å². The number of fused-ring (bicyclic) bond motifs is 1. The predicted molar refractivity (Wildman–Crippen MR) is 75.0 cm³/mol. The molecule has 1 aromatic carbocycles. The van der Waals surface area contributed by atoms with Crippen LogP contribution in [0.3, 0.4) is 0 Å². The smallest absolute Gasteiger partial charge is 0.336 e. The molecule has 6 heteroatoms. The lowest BCUT2D eigenvalue weighted by Crippen LogP contribution is -2.04. The largest absolute Gasteiger partial charge is 0.478 e. The molecule has 0 aliphatic rings. The Morgan fingerprint density at radius 2 is 2.05 bits per heavy atom. The molecule has 0 saturated carbocycles. The molecule has 3 rings (SSSR count). The fourth-order valence-corrected chi connectivity index (χ4v) is 2.26. The van der Waals surface area contributed by atoms with Crippen LogP contribution in [-0.4, -0.2) is 25.8 Å². The van der Waals surface area contributed by atoms with Crippen LogP contribution in [-0.2, 0) is 6.54 Å². The molecule has 0 atom stereocenters. The summed E-state index contributed by atoms with van der Waals surface area (Å²) < 4.78 is 1.64. The van der Waals surface area contributed by atoms with Crippen LogP contribution in [0.15, 0.2) is 42.6 Å². The number of rotatable bonds is 3. The van der Waals surface area contributed by atoms with Crippen LogP contribution in [0.5, 0.6) is 0 Å². The Morgan fingerprint density at radius 3 is 2.75 bits per heavy atom. The summed E-state index contributed by atoms with van der Waals surface area (Å²) in [5.41, 5.74) is 1.63. The fraction of sp³-hybridized carbons (Fsp3) is 0.0714. The number of carboxylic acid groups (broad SMARTS) is 1. The van der Waals surface area contributed by atoms with Crippen molar-refractivity contribution in [1.29, 1.82) is 0 Å². The number of hydrogen-bond acceptors (Lipinski definition) is 3. The van der Waals surface area contributed by atoms with Gasteiger partial charge in [0, 0.05) is 0 Å². The van der Waals surface area contributed by atoms with Crippen molar-refractivity contribution >= 4 is 28.6 Å². The molecule has 0 bridgehead atoms. The lowest BCUT2D eigenvalue weighted by Gasteiger charge is -2.04. The highest BCUT2D eigenvalue weighted by Gasteiger charge is 2.15. The number of aromatic nitrogens is 3. The summed E-state index contributed by atoms with van der Waals surface area (Å²) in [7, 11) is 0. The van der Waals surface area contributed by atoms with Gasteiger partial charge in [-0.25, -0.2) is 14.5 Å². The number of carboxylic acids is 1. The van der Waals surface area contributed by atoms with E-state index in [0.29, 0.717) is 17.6 Å². The summed E-state index contributed by atoms with van der Waals surface area (Å²) >= 11 is 5.88. The van der Waals surface area contributed by atoms with Crippen molar-refractivity contribution in [3.63, 3.8) is 0 Å². The molecule has 20 heavy (non-hydrogen) atoms. The minimum atomic E-state index is -1.04. The number of aromatic carboxylic acids is 1. The Bertz CT molecular complexity index is 784. The molecule has 0 amide bonds. The first-order valence-electron chi connectivity index (χ1n) is 5.94. The van der Waals surface area contributed by atoms with Gasteiger partial charge in [0.2, 0.25) is 0 Å². The highest BCUT2D eigenvalue weighted by molar-refractivity contribution is 6.30. The standard InChI is InChI=1S/C14H10ClN3O2/c15-12-6-10(14(19)20)11-7-16-18(13(11)17-12)8-9-4-2-1-3-5-9/h1-7H,8H2,(H,19,20). The van der Waals surface area contributed by atoms with Crippen LogP contribution in [0.2, 0.25) is 5.15 Å². The van der Waals surface area contributed by atoms with Gasteiger partial charge in [-0.15, -0.1) is 0 Å². The molecule has 0 aliphatic carbocycles. The zero-order valence-corrected chi connectivity index (χ0v) is 11.1. The van der Waals surface area contributed by atoms with Gasteiger partial charge in [-0.1, -0.05) is 41.9 Å². The summed E-state index contributed by atoms with van der Waals surface area (Å²) in [5.74, 6) is -1.04. The van der Waals surface area contributed by atoms with E-state index in [1.165, 1.54) is 12.3 Å². The molecule has 3 aromatic rings. The van der Waals surface area contributed by atoms with E-state index in [-0.39, 0.29) is 10.7 Å². The number of hydrogen-bond donors (Lipinski definition) is 1. The second kappa shape index (κ2) is 4.94. The van der Waals surface area contributed by atoms with Crippen molar-refractivity contribution in [1.82, 2.24) is 14.8 Å².